The van der Waals surface area contributed by atoms with Gasteiger partial charge in [0.05, 0.1) is 18.0 Å². The van der Waals surface area contributed by atoms with Crippen LogP contribution in [0.3, 0.4) is 0 Å². The second kappa shape index (κ2) is 7.98. The van der Waals surface area contributed by atoms with Crippen molar-refractivity contribution < 1.29 is 27.9 Å². The summed E-state index contributed by atoms with van der Waals surface area (Å²) in [5, 5.41) is 9.19. The van der Waals surface area contributed by atoms with E-state index in [9.17, 15) is 27.9 Å². The number of benzene rings is 1. The van der Waals surface area contributed by atoms with Gasteiger partial charge >= 0.3 is 12.1 Å². The topological polar surface area (TPSA) is 64.1 Å². The normalized spacial score (nSPS) is 23.9. The minimum absolute atomic E-state index is 0.00283. The van der Waals surface area contributed by atoms with Crippen molar-refractivity contribution in [2.24, 2.45) is 11.8 Å². The Morgan fingerprint density at radius 2 is 1.82 bits per heavy atom. The molecule has 2 aliphatic heterocycles. The lowest BCUT2D eigenvalue weighted by atomic mass is 9.99. The second-order valence-electron chi connectivity index (χ2n) is 7.53. The van der Waals surface area contributed by atoms with E-state index in [0.29, 0.717) is 45.0 Å². The van der Waals surface area contributed by atoms with Gasteiger partial charge in [-0.15, -0.1) is 0 Å². The number of hydrogen-bond acceptors (Lipinski definition) is 4. The lowest BCUT2D eigenvalue weighted by molar-refractivity contribution is -0.142. The quantitative estimate of drug-likeness (QED) is 0.839. The fourth-order valence-electron chi connectivity index (χ4n) is 3.90. The van der Waals surface area contributed by atoms with E-state index in [2.05, 4.69) is 0 Å². The highest BCUT2D eigenvalue weighted by Crippen LogP contribution is 2.32. The number of amides is 1. The van der Waals surface area contributed by atoms with E-state index in [1.54, 1.807) is 11.0 Å². The molecule has 9 heteroatoms. The SMILES string of the molecule is C[C@@H]1CN(CC(=O)N2CCN(c3cccc(C(F)(F)F)c3)CC2)C[C@H]1C(=O)O. The van der Waals surface area contributed by atoms with Crippen LogP contribution in [0.25, 0.3) is 0 Å². The largest absolute Gasteiger partial charge is 0.481 e. The summed E-state index contributed by atoms with van der Waals surface area (Å²) in [5.41, 5.74) is -0.181. The molecule has 0 saturated carbocycles. The van der Waals surface area contributed by atoms with Crippen molar-refractivity contribution in [2.45, 2.75) is 13.1 Å². The monoisotopic (exact) mass is 399 g/mol. The van der Waals surface area contributed by atoms with E-state index in [1.165, 1.54) is 6.07 Å². The summed E-state index contributed by atoms with van der Waals surface area (Å²) in [7, 11) is 0. The first-order valence-electron chi connectivity index (χ1n) is 9.30. The molecule has 3 rings (SSSR count). The zero-order chi connectivity index (χ0) is 20.5. The molecule has 1 amide bonds. The summed E-state index contributed by atoms with van der Waals surface area (Å²) in [4.78, 5) is 29.1. The maximum absolute atomic E-state index is 12.9. The number of alkyl halides is 3. The van der Waals surface area contributed by atoms with E-state index >= 15 is 0 Å². The molecular weight excluding hydrogens is 375 g/mol. The van der Waals surface area contributed by atoms with E-state index < -0.39 is 23.6 Å². The smallest absolute Gasteiger partial charge is 0.416 e. The fraction of sp³-hybridized carbons (Fsp3) is 0.579. The average molecular weight is 399 g/mol. The Bertz CT molecular complexity index is 733. The van der Waals surface area contributed by atoms with Gasteiger partial charge in [-0.1, -0.05) is 13.0 Å². The summed E-state index contributed by atoms with van der Waals surface area (Å²) in [5.74, 6) is -1.35. The van der Waals surface area contributed by atoms with Gasteiger partial charge in [0.2, 0.25) is 5.91 Å². The van der Waals surface area contributed by atoms with Crippen molar-refractivity contribution in [2.75, 3.05) is 50.7 Å². The number of carbonyl (C=O) groups is 2. The number of carboxylic acid groups (broad SMARTS) is 1. The summed E-state index contributed by atoms with van der Waals surface area (Å²) in [6.07, 6.45) is -4.38. The first-order valence-corrected chi connectivity index (χ1v) is 9.30. The standard InChI is InChI=1S/C19H24F3N3O3/c1-13-10-23(11-16(13)18(27)28)12-17(26)25-7-5-24(6-8-25)15-4-2-3-14(9-15)19(20,21)22/h2-4,9,13,16H,5-8,10-12H2,1H3,(H,27,28)/t13-,16-/m1/s1. The molecule has 0 radical (unpaired) electrons. The van der Waals surface area contributed by atoms with Crippen LogP contribution < -0.4 is 4.90 Å². The highest BCUT2D eigenvalue weighted by atomic mass is 19.4. The van der Waals surface area contributed by atoms with Crippen molar-refractivity contribution in [1.29, 1.82) is 0 Å². The first-order chi connectivity index (χ1) is 13.1. The van der Waals surface area contributed by atoms with Crippen LogP contribution in [-0.4, -0.2) is 72.6 Å². The van der Waals surface area contributed by atoms with E-state index in [-0.39, 0.29) is 18.4 Å². The Hall–Kier alpha value is -2.29. The molecule has 0 aliphatic carbocycles. The molecule has 2 atom stereocenters. The van der Waals surface area contributed by atoms with Gasteiger partial charge in [-0.3, -0.25) is 14.5 Å². The van der Waals surface area contributed by atoms with Crippen LogP contribution in [0.1, 0.15) is 12.5 Å². The molecule has 2 aliphatic rings. The molecule has 0 bridgehead atoms. The maximum atomic E-state index is 12.9. The summed E-state index contributed by atoms with van der Waals surface area (Å²) in [6.45, 7) is 4.78. The van der Waals surface area contributed by atoms with Crippen molar-refractivity contribution in [3.05, 3.63) is 29.8 Å². The van der Waals surface area contributed by atoms with Gasteiger partial charge in [-0.25, -0.2) is 0 Å². The highest BCUT2D eigenvalue weighted by Gasteiger charge is 2.36. The number of hydrogen-bond donors (Lipinski definition) is 1. The lowest BCUT2D eigenvalue weighted by Gasteiger charge is -2.37. The van der Waals surface area contributed by atoms with Gasteiger partial charge in [0.1, 0.15) is 0 Å². The molecule has 2 saturated heterocycles. The van der Waals surface area contributed by atoms with Crippen molar-refractivity contribution in [3.63, 3.8) is 0 Å². The second-order valence-corrected chi connectivity index (χ2v) is 7.53. The zero-order valence-corrected chi connectivity index (χ0v) is 15.7. The number of rotatable bonds is 4. The minimum atomic E-state index is -4.38. The Kier molecular flexibility index (Phi) is 5.83. The van der Waals surface area contributed by atoms with Crippen LogP contribution in [0.5, 0.6) is 0 Å². The van der Waals surface area contributed by atoms with Gasteiger partial charge in [0.25, 0.3) is 0 Å². The van der Waals surface area contributed by atoms with E-state index in [4.69, 9.17) is 0 Å². The molecule has 2 heterocycles. The molecule has 2 fully saturated rings. The number of likely N-dealkylation sites (tertiary alicyclic amines) is 1. The molecular formula is C19H24F3N3O3. The van der Waals surface area contributed by atoms with Crippen molar-refractivity contribution in [3.8, 4) is 0 Å². The van der Waals surface area contributed by atoms with E-state index in [1.807, 2.05) is 16.7 Å². The molecule has 1 N–H and O–H groups in total. The number of carbonyl (C=O) groups excluding carboxylic acids is 1. The van der Waals surface area contributed by atoms with Crippen LogP contribution in [0.4, 0.5) is 18.9 Å². The number of carboxylic acids is 1. The first kappa shape index (κ1) is 20.4. The number of anilines is 1. The third kappa shape index (κ3) is 4.57. The summed E-state index contributed by atoms with van der Waals surface area (Å²) < 4.78 is 38.7. The fourth-order valence-corrected chi connectivity index (χ4v) is 3.90. The van der Waals surface area contributed by atoms with Gasteiger partial charge in [0, 0.05) is 45.0 Å². The number of halogens is 3. The van der Waals surface area contributed by atoms with Crippen LogP contribution in [-0.2, 0) is 15.8 Å². The minimum Gasteiger partial charge on any atom is -0.481 e. The predicted molar refractivity (Wildman–Crippen MR) is 97.0 cm³/mol. The van der Waals surface area contributed by atoms with Crippen LogP contribution in [0.15, 0.2) is 24.3 Å². The molecule has 1 aromatic carbocycles. The Balaban J connectivity index is 1.53. The molecule has 28 heavy (non-hydrogen) atoms. The maximum Gasteiger partial charge on any atom is 0.416 e. The molecule has 0 unspecified atom stereocenters. The van der Waals surface area contributed by atoms with Crippen molar-refractivity contribution in [1.82, 2.24) is 9.80 Å². The van der Waals surface area contributed by atoms with Gasteiger partial charge in [0.15, 0.2) is 0 Å². The van der Waals surface area contributed by atoms with Gasteiger partial charge < -0.3 is 14.9 Å². The van der Waals surface area contributed by atoms with Crippen LogP contribution >= 0.6 is 0 Å². The number of nitrogens with zero attached hydrogens (tertiary/aromatic N) is 3. The van der Waals surface area contributed by atoms with Crippen molar-refractivity contribution >= 4 is 17.6 Å². The third-order valence-corrected chi connectivity index (χ3v) is 5.54. The zero-order valence-electron chi connectivity index (χ0n) is 15.7. The summed E-state index contributed by atoms with van der Waals surface area (Å²) in [6, 6.07) is 5.22. The van der Waals surface area contributed by atoms with E-state index in [0.717, 1.165) is 12.1 Å². The summed E-state index contributed by atoms with van der Waals surface area (Å²) >= 11 is 0. The average Bonchev–Trinajstić information content (AvgIpc) is 3.01. The lowest BCUT2D eigenvalue weighted by Crippen LogP contribution is -2.51. The molecule has 0 aromatic heterocycles. The number of piperazine rings is 1. The van der Waals surface area contributed by atoms with Crippen LogP contribution in [0.2, 0.25) is 0 Å². The predicted octanol–water partition coefficient (Wildman–Crippen LogP) is 2.01. The van der Waals surface area contributed by atoms with Crippen LogP contribution in [0, 0.1) is 11.8 Å². The van der Waals surface area contributed by atoms with Gasteiger partial charge in [-0.05, 0) is 24.1 Å². The molecule has 1 aromatic rings. The highest BCUT2D eigenvalue weighted by molar-refractivity contribution is 5.79. The Labute approximate surface area is 161 Å². The molecule has 0 spiro atoms. The molecule has 154 valence electrons. The third-order valence-electron chi connectivity index (χ3n) is 5.54. The number of aliphatic carboxylic acids is 1. The molecule has 6 nitrogen and oxygen atoms in total. The Morgan fingerprint density at radius 3 is 2.39 bits per heavy atom. The Morgan fingerprint density at radius 1 is 1.14 bits per heavy atom. The van der Waals surface area contributed by atoms with Gasteiger partial charge in [-0.2, -0.15) is 13.2 Å².